The summed E-state index contributed by atoms with van der Waals surface area (Å²) in [4.78, 5) is 0. The fourth-order valence-electron chi connectivity index (χ4n) is 2.61. The van der Waals surface area contributed by atoms with E-state index in [1.807, 2.05) is 36.4 Å². The van der Waals surface area contributed by atoms with Crippen LogP contribution in [0.5, 0.6) is 11.5 Å². The summed E-state index contributed by atoms with van der Waals surface area (Å²) in [5.41, 5.74) is 2.19. The Kier molecular flexibility index (Phi) is 3.93. The lowest BCUT2D eigenvalue weighted by molar-refractivity contribution is -0.0369. The molecular weight excluding hydrogens is 264 g/mol. The van der Waals surface area contributed by atoms with Gasteiger partial charge in [0, 0.05) is 17.9 Å². The Balaban J connectivity index is 1.93. The lowest BCUT2D eigenvalue weighted by atomic mass is 9.91. The van der Waals surface area contributed by atoms with Gasteiger partial charge in [-0.15, -0.1) is 0 Å². The maximum atomic E-state index is 9.93. The zero-order valence-corrected chi connectivity index (χ0v) is 11.9. The van der Waals surface area contributed by atoms with E-state index >= 15 is 0 Å². The molecule has 1 aliphatic heterocycles. The Morgan fingerprint density at radius 3 is 2.71 bits per heavy atom. The quantitative estimate of drug-likeness (QED) is 0.935. The fourth-order valence-corrected chi connectivity index (χ4v) is 2.61. The third kappa shape index (κ3) is 2.93. The summed E-state index contributed by atoms with van der Waals surface area (Å²) < 4.78 is 10.8. The second kappa shape index (κ2) is 6.02. The highest BCUT2D eigenvalue weighted by Gasteiger charge is 2.27. The van der Waals surface area contributed by atoms with Crippen molar-refractivity contribution >= 4 is 6.08 Å². The molecule has 1 N–H and O–H groups in total. The highest BCUT2D eigenvalue weighted by atomic mass is 16.6. The van der Waals surface area contributed by atoms with E-state index in [0.717, 1.165) is 11.1 Å². The van der Waals surface area contributed by atoms with Crippen molar-refractivity contribution < 1.29 is 14.6 Å². The van der Waals surface area contributed by atoms with Gasteiger partial charge in [-0.1, -0.05) is 54.6 Å². The van der Waals surface area contributed by atoms with Crippen LogP contribution in [0.15, 0.2) is 54.6 Å². The van der Waals surface area contributed by atoms with E-state index in [1.54, 1.807) is 7.11 Å². The minimum absolute atomic E-state index is 0.110. The van der Waals surface area contributed by atoms with Crippen LogP contribution in [0.3, 0.4) is 0 Å². The Labute approximate surface area is 124 Å². The Bertz CT molecular complexity index is 634. The predicted molar refractivity (Wildman–Crippen MR) is 82.5 cm³/mol. The molecule has 108 valence electrons. The lowest BCUT2D eigenvalue weighted by Crippen LogP contribution is -2.24. The van der Waals surface area contributed by atoms with Crippen LogP contribution in [-0.4, -0.2) is 18.5 Å². The van der Waals surface area contributed by atoms with Gasteiger partial charge in [0.1, 0.15) is 0 Å². The molecule has 1 aliphatic rings. The van der Waals surface area contributed by atoms with Crippen molar-refractivity contribution in [3.05, 3.63) is 65.7 Å². The molecule has 0 bridgehead atoms. The second-order valence-electron chi connectivity index (χ2n) is 5.06. The number of hydrogen-bond acceptors (Lipinski definition) is 3. The number of rotatable bonds is 3. The van der Waals surface area contributed by atoms with Gasteiger partial charge in [-0.2, -0.15) is 0 Å². The first-order chi connectivity index (χ1) is 10.3. The Morgan fingerprint density at radius 1 is 1.14 bits per heavy atom. The van der Waals surface area contributed by atoms with Crippen molar-refractivity contribution in [3.63, 3.8) is 0 Å². The number of hydrogen-bond donors (Lipinski definition) is 1. The number of ether oxygens (including phenoxy) is 2. The molecule has 0 aromatic heterocycles. The van der Waals surface area contributed by atoms with E-state index in [2.05, 4.69) is 24.3 Å². The molecule has 0 saturated carbocycles. The zero-order chi connectivity index (χ0) is 14.7. The molecule has 0 radical (unpaired) electrons. The molecule has 1 heterocycles. The lowest BCUT2D eigenvalue weighted by Gasteiger charge is -2.28. The smallest absolute Gasteiger partial charge is 0.198 e. The Morgan fingerprint density at radius 2 is 1.95 bits per heavy atom. The van der Waals surface area contributed by atoms with Crippen molar-refractivity contribution in [1.82, 2.24) is 0 Å². The first-order valence-electron chi connectivity index (χ1n) is 7.03. The second-order valence-corrected chi connectivity index (χ2v) is 5.06. The highest BCUT2D eigenvalue weighted by Crippen LogP contribution is 2.42. The molecule has 0 spiro atoms. The molecule has 2 aromatic rings. The van der Waals surface area contributed by atoms with E-state index in [0.29, 0.717) is 17.9 Å². The molecule has 0 fully saturated rings. The van der Waals surface area contributed by atoms with Gasteiger partial charge in [-0.25, -0.2) is 0 Å². The van der Waals surface area contributed by atoms with Crippen LogP contribution in [0.2, 0.25) is 0 Å². The number of allylic oxidation sites excluding steroid dienone is 1. The van der Waals surface area contributed by atoms with Crippen LogP contribution in [-0.2, 0) is 0 Å². The molecule has 2 atom stereocenters. The van der Waals surface area contributed by atoms with Crippen molar-refractivity contribution in [2.24, 2.45) is 0 Å². The first kappa shape index (κ1) is 13.7. The topological polar surface area (TPSA) is 38.7 Å². The maximum Gasteiger partial charge on any atom is 0.198 e. The molecule has 3 heteroatoms. The monoisotopic (exact) mass is 282 g/mol. The van der Waals surface area contributed by atoms with Crippen LogP contribution < -0.4 is 9.47 Å². The fraction of sp³-hybridized carbons (Fsp3) is 0.222. The Hall–Kier alpha value is -2.26. The van der Waals surface area contributed by atoms with Crippen molar-refractivity contribution in [2.45, 2.75) is 18.6 Å². The van der Waals surface area contributed by atoms with E-state index in [4.69, 9.17) is 9.47 Å². The summed E-state index contributed by atoms with van der Waals surface area (Å²) in [7, 11) is 1.61. The van der Waals surface area contributed by atoms with Gasteiger partial charge in [0.15, 0.2) is 17.8 Å². The van der Waals surface area contributed by atoms with Gasteiger partial charge in [0.2, 0.25) is 0 Å². The number of benzene rings is 2. The third-order valence-corrected chi connectivity index (χ3v) is 3.66. The van der Waals surface area contributed by atoms with Crippen molar-refractivity contribution in [3.8, 4) is 11.5 Å². The summed E-state index contributed by atoms with van der Waals surface area (Å²) in [6, 6.07) is 15.9. The molecule has 0 saturated heterocycles. The predicted octanol–water partition coefficient (Wildman–Crippen LogP) is 3.59. The number of aliphatic hydroxyl groups is 1. The van der Waals surface area contributed by atoms with Crippen LogP contribution in [0, 0.1) is 0 Å². The van der Waals surface area contributed by atoms with Gasteiger partial charge < -0.3 is 14.6 Å². The molecule has 0 amide bonds. The minimum Gasteiger partial charge on any atom is -0.493 e. The van der Waals surface area contributed by atoms with Gasteiger partial charge in [0.25, 0.3) is 0 Å². The molecule has 21 heavy (non-hydrogen) atoms. The molecule has 3 rings (SSSR count). The summed E-state index contributed by atoms with van der Waals surface area (Å²) in [6.07, 6.45) is 3.92. The number of aliphatic hydroxyl groups excluding tert-OH is 1. The normalized spacial score (nSPS) is 20.9. The van der Waals surface area contributed by atoms with Crippen molar-refractivity contribution in [2.75, 3.05) is 7.11 Å². The molecular formula is C18H18O3. The zero-order valence-electron chi connectivity index (χ0n) is 11.9. The van der Waals surface area contributed by atoms with Crippen LogP contribution in [0.25, 0.3) is 6.08 Å². The standard InChI is InChI=1S/C18H18O3/c1-20-16-9-5-8-15-14(12-17(19)21-18(15)16)11-10-13-6-3-2-4-7-13/h2-11,14,17,19H,12H2,1H3/t14?,17-/m1/s1. The number of methoxy groups -OCH3 is 1. The molecule has 3 nitrogen and oxygen atoms in total. The summed E-state index contributed by atoms with van der Waals surface area (Å²) >= 11 is 0. The number of fused-ring (bicyclic) bond motifs is 1. The van der Waals surface area contributed by atoms with Gasteiger partial charge in [0.05, 0.1) is 7.11 Å². The number of para-hydroxylation sites is 1. The highest BCUT2D eigenvalue weighted by molar-refractivity contribution is 5.55. The van der Waals surface area contributed by atoms with Crippen LogP contribution >= 0.6 is 0 Å². The SMILES string of the molecule is COc1cccc2c1O[C@@H](O)CC2C=Cc1ccccc1. The molecule has 0 aliphatic carbocycles. The van der Waals surface area contributed by atoms with Crippen molar-refractivity contribution in [1.29, 1.82) is 0 Å². The van der Waals surface area contributed by atoms with Gasteiger partial charge in [-0.3, -0.25) is 0 Å². The summed E-state index contributed by atoms with van der Waals surface area (Å²) in [5, 5.41) is 9.93. The van der Waals surface area contributed by atoms with E-state index in [9.17, 15) is 5.11 Å². The summed E-state index contributed by atoms with van der Waals surface area (Å²) in [6.45, 7) is 0. The molecule has 2 aromatic carbocycles. The van der Waals surface area contributed by atoms with E-state index in [-0.39, 0.29) is 5.92 Å². The average molecular weight is 282 g/mol. The van der Waals surface area contributed by atoms with Crippen LogP contribution in [0.4, 0.5) is 0 Å². The first-order valence-corrected chi connectivity index (χ1v) is 7.03. The van der Waals surface area contributed by atoms with Gasteiger partial charge >= 0.3 is 0 Å². The maximum absolute atomic E-state index is 9.93. The molecule has 1 unspecified atom stereocenters. The third-order valence-electron chi connectivity index (χ3n) is 3.66. The van der Waals surface area contributed by atoms with E-state index in [1.165, 1.54) is 0 Å². The van der Waals surface area contributed by atoms with E-state index < -0.39 is 6.29 Å². The average Bonchev–Trinajstić information content (AvgIpc) is 2.53. The summed E-state index contributed by atoms with van der Waals surface area (Å²) in [5.74, 6) is 1.41. The minimum atomic E-state index is -0.806. The van der Waals surface area contributed by atoms with Crippen LogP contribution in [0.1, 0.15) is 23.5 Å². The van der Waals surface area contributed by atoms with Gasteiger partial charge in [-0.05, 0) is 11.6 Å². The largest absolute Gasteiger partial charge is 0.493 e.